The molecule has 0 aliphatic carbocycles. The van der Waals surface area contributed by atoms with E-state index in [0.29, 0.717) is 0 Å². The van der Waals surface area contributed by atoms with Crippen molar-refractivity contribution in [2.24, 2.45) is 0 Å². The molecular weight excluding hydrogens is 280 g/mol. The number of benzene rings is 1. The lowest BCUT2D eigenvalue weighted by Gasteiger charge is -2.12. The summed E-state index contributed by atoms with van der Waals surface area (Å²) in [5.74, 6) is 1.81. The molecule has 5 heteroatoms. The number of hydrogen-bond donors (Lipinski definition) is 1. The van der Waals surface area contributed by atoms with Crippen molar-refractivity contribution in [3.8, 4) is 0 Å². The molecule has 0 bridgehead atoms. The van der Waals surface area contributed by atoms with Gasteiger partial charge in [-0.15, -0.1) is 0 Å². The maximum absolute atomic E-state index is 11.5. The third kappa shape index (κ3) is 3.52. The van der Waals surface area contributed by atoms with Crippen molar-refractivity contribution in [3.63, 3.8) is 0 Å². The molecule has 1 aliphatic heterocycles. The van der Waals surface area contributed by atoms with Crippen LogP contribution in [-0.4, -0.2) is 13.0 Å². The Morgan fingerprint density at radius 3 is 2.68 bits per heavy atom. The van der Waals surface area contributed by atoms with E-state index < -0.39 is 10.1 Å². The van der Waals surface area contributed by atoms with Gasteiger partial charge in [0.1, 0.15) is 0 Å². The Balaban J connectivity index is 2.29. The van der Waals surface area contributed by atoms with Gasteiger partial charge in [0.2, 0.25) is 0 Å². The lowest BCUT2D eigenvalue weighted by atomic mass is 9.98. The molecule has 0 fully saturated rings. The lowest BCUT2D eigenvalue weighted by Crippen LogP contribution is -2.07. The van der Waals surface area contributed by atoms with E-state index in [9.17, 15) is 13.0 Å². The maximum Gasteiger partial charge on any atom is 0.294 e. The van der Waals surface area contributed by atoms with Crippen LogP contribution in [0.2, 0.25) is 0 Å². The highest BCUT2D eigenvalue weighted by Gasteiger charge is 2.23. The van der Waals surface area contributed by atoms with Gasteiger partial charge in [0, 0.05) is 11.5 Å². The van der Waals surface area contributed by atoms with E-state index in [0.717, 1.165) is 48.3 Å². The van der Waals surface area contributed by atoms with Crippen LogP contribution in [0.3, 0.4) is 0 Å². The van der Waals surface area contributed by atoms with E-state index in [1.54, 1.807) is 17.8 Å². The zero-order valence-corrected chi connectivity index (χ0v) is 12.8. The van der Waals surface area contributed by atoms with Crippen molar-refractivity contribution in [1.29, 1.82) is 0 Å². The monoisotopic (exact) mass is 300 g/mol. The summed E-state index contributed by atoms with van der Waals surface area (Å²) < 4.78 is 32.4. The van der Waals surface area contributed by atoms with Crippen LogP contribution in [0.1, 0.15) is 49.3 Å². The van der Waals surface area contributed by atoms with E-state index in [4.69, 9.17) is 0 Å². The fraction of sp³-hybridized carbons (Fsp3) is 0.571. The highest BCUT2D eigenvalue weighted by Crippen LogP contribution is 2.36. The molecule has 1 heterocycles. The second-order valence-electron chi connectivity index (χ2n) is 4.96. The van der Waals surface area contributed by atoms with Crippen LogP contribution in [0.4, 0.5) is 0 Å². The minimum Gasteiger partial charge on any atom is -0.282 e. The zero-order valence-electron chi connectivity index (χ0n) is 11.2. The minimum atomic E-state index is -4.11. The fourth-order valence-corrected chi connectivity index (χ4v) is 4.48. The largest absolute Gasteiger partial charge is 0.294 e. The normalized spacial score (nSPS) is 14.6. The van der Waals surface area contributed by atoms with Crippen LogP contribution in [0.5, 0.6) is 0 Å². The average molecular weight is 300 g/mol. The molecule has 0 aromatic heterocycles. The molecule has 1 aromatic rings. The Bertz CT molecular complexity index is 550. The summed E-state index contributed by atoms with van der Waals surface area (Å²) in [6, 6.07) is 3.41. The second-order valence-corrected chi connectivity index (χ2v) is 7.33. The van der Waals surface area contributed by atoms with E-state index in [-0.39, 0.29) is 4.90 Å². The number of rotatable bonds is 6. The van der Waals surface area contributed by atoms with Gasteiger partial charge in [-0.1, -0.05) is 32.3 Å². The van der Waals surface area contributed by atoms with Crippen molar-refractivity contribution >= 4 is 21.9 Å². The molecule has 0 radical (unpaired) electrons. The van der Waals surface area contributed by atoms with Gasteiger partial charge in [0.25, 0.3) is 10.1 Å². The third-order valence-electron chi connectivity index (χ3n) is 3.55. The topological polar surface area (TPSA) is 54.4 Å². The molecule has 19 heavy (non-hydrogen) atoms. The van der Waals surface area contributed by atoms with Crippen LogP contribution < -0.4 is 0 Å². The highest BCUT2D eigenvalue weighted by atomic mass is 32.2. The predicted octanol–water partition coefficient (Wildman–Crippen LogP) is 3.80. The number of unbranched alkanes of at least 4 members (excludes halogenated alkanes) is 3. The van der Waals surface area contributed by atoms with Crippen molar-refractivity contribution < 1.29 is 13.0 Å². The quantitative estimate of drug-likeness (QED) is 0.641. The van der Waals surface area contributed by atoms with E-state index in [1.165, 1.54) is 12.0 Å². The minimum absolute atomic E-state index is 0.116. The molecule has 0 atom stereocenters. The van der Waals surface area contributed by atoms with Gasteiger partial charge in [0.15, 0.2) is 0 Å². The number of hydrogen-bond acceptors (Lipinski definition) is 3. The summed E-state index contributed by atoms with van der Waals surface area (Å²) >= 11 is 1.80. The van der Waals surface area contributed by atoms with Crippen molar-refractivity contribution in [2.75, 3.05) is 0 Å². The SMILES string of the molecule is CCCCCCc1c(S(=O)(=O)O)ccc2c1CSC2. The summed E-state index contributed by atoms with van der Waals surface area (Å²) in [5, 5.41) is 0. The van der Waals surface area contributed by atoms with Crippen LogP contribution in [-0.2, 0) is 28.0 Å². The Kier molecular flexibility index (Phi) is 4.92. The summed E-state index contributed by atoms with van der Waals surface area (Å²) in [6.45, 7) is 2.15. The maximum atomic E-state index is 11.5. The smallest absolute Gasteiger partial charge is 0.282 e. The molecule has 1 aliphatic rings. The van der Waals surface area contributed by atoms with Gasteiger partial charge >= 0.3 is 0 Å². The zero-order chi connectivity index (χ0) is 13.9. The van der Waals surface area contributed by atoms with Gasteiger partial charge in [-0.3, -0.25) is 4.55 Å². The molecule has 0 saturated carbocycles. The first-order chi connectivity index (χ1) is 9.04. The number of thioether (sulfide) groups is 1. The average Bonchev–Trinajstić information content (AvgIpc) is 2.81. The molecule has 3 nitrogen and oxygen atoms in total. The fourth-order valence-electron chi connectivity index (χ4n) is 2.54. The first-order valence-electron chi connectivity index (χ1n) is 6.73. The third-order valence-corrected chi connectivity index (χ3v) is 5.49. The predicted molar refractivity (Wildman–Crippen MR) is 79.1 cm³/mol. The first kappa shape index (κ1) is 14.9. The van der Waals surface area contributed by atoms with Crippen LogP contribution in [0.25, 0.3) is 0 Å². The van der Waals surface area contributed by atoms with E-state index in [2.05, 4.69) is 6.92 Å². The Morgan fingerprint density at radius 2 is 2.00 bits per heavy atom. The molecule has 2 rings (SSSR count). The highest BCUT2D eigenvalue weighted by molar-refractivity contribution is 7.98. The standard InChI is InChI=1S/C14H20O3S2/c1-2-3-4-5-6-12-13-10-18-9-11(13)7-8-14(12)19(15,16)17/h7-8H,2-6,9-10H2,1H3,(H,15,16,17). The molecule has 0 spiro atoms. The molecule has 0 saturated heterocycles. The van der Waals surface area contributed by atoms with E-state index >= 15 is 0 Å². The number of fused-ring (bicyclic) bond motifs is 1. The van der Waals surface area contributed by atoms with Gasteiger partial charge in [-0.05, 0) is 35.6 Å². The summed E-state index contributed by atoms with van der Waals surface area (Å²) in [4.78, 5) is 0.116. The second kappa shape index (κ2) is 6.29. The van der Waals surface area contributed by atoms with Crippen LogP contribution >= 0.6 is 11.8 Å². The Morgan fingerprint density at radius 1 is 1.21 bits per heavy atom. The van der Waals surface area contributed by atoms with E-state index in [1.807, 2.05) is 6.07 Å². The molecule has 0 unspecified atom stereocenters. The van der Waals surface area contributed by atoms with Crippen LogP contribution in [0, 0.1) is 0 Å². The Hall–Kier alpha value is -0.520. The molecule has 106 valence electrons. The molecule has 1 aromatic carbocycles. The van der Waals surface area contributed by atoms with Crippen molar-refractivity contribution in [1.82, 2.24) is 0 Å². The summed E-state index contributed by atoms with van der Waals surface area (Å²) in [7, 11) is -4.11. The lowest BCUT2D eigenvalue weighted by molar-refractivity contribution is 0.481. The van der Waals surface area contributed by atoms with Crippen LogP contribution in [0.15, 0.2) is 17.0 Å². The molecule has 0 amide bonds. The van der Waals surface area contributed by atoms with Crippen molar-refractivity contribution in [2.45, 2.75) is 55.4 Å². The molecule has 1 N–H and O–H groups in total. The first-order valence-corrected chi connectivity index (χ1v) is 9.32. The van der Waals surface area contributed by atoms with Gasteiger partial charge in [-0.25, -0.2) is 0 Å². The summed E-state index contributed by atoms with van der Waals surface area (Å²) in [6.07, 6.45) is 5.17. The van der Waals surface area contributed by atoms with Gasteiger partial charge < -0.3 is 0 Å². The van der Waals surface area contributed by atoms with Gasteiger partial charge in [-0.2, -0.15) is 20.2 Å². The summed E-state index contributed by atoms with van der Waals surface area (Å²) in [5.41, 5.74) is 3.21. The van der Waals surface area contributed by atoms with Crippen molar-refractivity contribution in [3.05, 3.63) is 28.8 Å². The van der Waals surface area contributed by atoms with Gasteiger partial charge in [0.05, 0.1) is 4.90 Å². The molecular formula is C14H20O3S2. The Labute approximate surface area is 119 Å².